The van der Waals surface area contributed by atoms with Crippen LogP contribution in [0.2, 0.25) is 0 Å². The van der Waals surface area contributed by atoms with Gasteiger partial charge < -0.3 is 24.4 Å². The van der Waals surface area contributed by atoms with Crippen molar-refractivity contribution in [2.45, 2.75) is 32.3 Å². The third kappa shape index (κ3) is 5.49. The molecule has 1 fully saturated rings. The van der Waals surface area contributed by atoms with Crippen LogP contribution in [0.4, 0.5) is 14.9 Å². The van der Waals surface area contributed by atoms with Crippen LogP contribution < -0.4 is 10.1 Å². The van der Waals surface area contributed by atoms with Gasteiger partial charge in [0.05, 0.1) is 12.5 Å². The molecule has 3 aromatic carbocycles. The number of esters is 1. The van der Waals surface area contributed by atoms with Crippen molar-refractivity contribution >= 4 is 17.7 Å². The molecule has 0 saturated carbocycles. The number of carbonyl (C=O) groups excluding carboxylic acids is 2. The number of hydrogen-bond donors (Lipinski definition) is 1. The molecule has 186 valence electrons. The summed E-state index contributed by atoms with van der Waals surface area (Å²) < 4.78 is 31.6. The number of halogens is 1. The summed E-state index contributed by atoms with van der Waals surface area (Å²) in [7, 11) is 0. The molecule has 2 aliphatic rings. The van der Waals surface area contributed by atoms with E-state index in [9.17, 15) is 14.0 Å². The second-order valence-corrected chi connectivity index (χ2v) is 8.89. The van der Waals surface area contributed by atoms with Crippen molar-refractivity contribution in [1.29, 1.82) is 0 Å². The Hall–Kier alpha value is -3.91. The number of likely N-dealkylation sites (tertiary alicyclic amines) is 1. The van der Waals surface area contributed by atoms with Crippen LogP contribution in [0.5, 0.6) is 5.75 Å². The van der Waals surface area contributed by atoms with Crippen LogP contribution in [-0.4, -0.2) is 30.0 Å². The van der Waals surface area contributed by atoms with Gasteiger partial charge in [0.1, 0.15) is 18.2 Å². The summed E-state index contributed by atoms with van der Waals surface area (Å²) in [5.41, 5.74) is 2.61. The largest absolute Gasteiger partial charge is 0.460 e. The van der Waals surface area contributed by atoms with E-state index in [1.807, 2.05) is 60.7 Å². The standard InChI is InChI=1S/C28H27FN2O5/c29-23-15-21(25-22(16-23)18-35-27(36-25)20-7-3-1-4-8-20)17-34-26(32)19-11-13-31(14-12-19)28(33)30-24-9-5-2-6-10-24/h1-10,15-16,19,27H,11-14,17-18H2,(H,30,33). The molecule has 0 aromatic heterocycles. The maximum atomic E-state index is 14.2. The number of para-hydroxylation sites is 1. The van der Waals surface area contributed by atoms with Gasteiger partial charge in [0.15, 0.2) is 0 Å². The highest BCUT2D eigenvalue weighted by molar-refractivity contribution is 5.89. The molecule has 0 aliphatic carbocycles. The fraction of sp³-hybridized carbons (Fsp3) is 0.286. The van der Waals surface area contributed by atoms with Crippen LogP contribution in [-0.2, 0) is 27.5 Å². The zero-order chi connectivity index (χ0) is 24.9. The first-order valence-corrected chi connectivity index (χ1v) is 12.0. The average molecular weight is 491 g/mol. The van der Waals surface area contributed by atoms with Crippen molar-refractivity contribution < 1.29 is 28.2 Å². The van der Waals surface area contributed by atoms with Crippen molar-refractivity contribution in [2.24, 2.45) is 5.92 Å². The van der Waals surface area contributed by atoms with E-state index in [4.69, 9.17) is 14.2 Å². The first kappa shape index (κ1) is 23.8. The summed E-state index contributed by atoms with van der Waals surface area (Å²) in [6.45, 7) is 0.992. The van der Waals surface area contributed by atoms with Crippen molar-refractivity contribution in [3.63, 3.8) is 0 Å². The second kappa shape index (κ2) is 10.8. The molecular weight excluding hydrogens is 463 g/mol. The lowest BCUT2D eigenvalue weighted by Gasteiger charge is -2.31. The third-order valence-corrected chi connectivity index (χ3v) is 6.40. The van der Waals surface area contributed by atoms with Crippen LogP contribution >= 0.6 is 0 Å². The molecule has 2 amide bonds. The monoisotopic (exact) mass is 490 g/mol. The van der Waals surface area contributed by atoms with E-state index >= 15 is 0 Å². The SMILES string of the molecule is O=C(OCc1cc(F)cc2c1OC(c1ccccc1)OC2)C1CCN(C(=O)Nc2ccccc2)CC1. The van der Waals surface area contributed by atoms with E-state index in [0.717, 1.165) is 11.3 Å². The molecule has 5 rings (SSSR count). The molecule has 2 aliphatic heterocycles. The Bertz CT molecular complexity index is 1210. The van der Waals surface area contributed by atoms with Crippen molar-refractivity contribution in [3.05, 3.63) is 95.3 Å². The number of nitrogens with zero attached hydrogens (tertiary/aromatic N) is 1. The molecule has 2 heterocycles. The fourth-order valence-corrected chi connectivity index (χ4v) is 4.47. The van der Waals surface area contributed by atoms with Gasteiger partial charge >= 0.3 is 12.0 Å². The molecule has 3 aromatic rings. The molecule has 8 heteroatoms. The van der Waals surface area contributed by atoms with Gasteiger partial charge in [0.25, 0.3) is 0 Å². The van der Waals surface area contributed by atoms with Crippen molar-refractivity contribution in [2.75, 3.05) is 18.4 Å². The van der Waals surface area contributed by atoms with Gasteiger partial charge in [-0.25, -0.2) is 9.18 Å². The highest BCUT2D eigenvalue weighted by Crippen LogP contribution is 2.37. The van der Waals surface area contributed by atoms with Gasteiger partial charge in [-0.15, -0.1) is 0 Å². The van der Waals surface area contributed by atoms with E-state index < -0.39 is 12.1 Å². The fourth-order valence-electron chi connectivity index (χ4n) is 4.47. The molecule has 0 bridgehead atoms. The molecule has 0 spiro atoms. The summed E-state index contributed by atoms with van der Waals surface area (Å²) in [6.07, 6.45) is 0.385. The number of nitrogens with one attached hydrogen (secondary N) is 1. The number of piperidine rings is 1. The highest BCUT2D eigenvalue weighted by Gasteiger charge is 2.30. The Morgan fingerprint density at radius 1 is 1.00 bits per heavy atom. The number of carbonyl (C=O) groups is 2. The quantitative estimate of drug-likeness (QED) is 0.483. The molecular formula is C28H27FN2O5. The molecule has 1 atom stereocenters. The topological polar surface area (TPSA) is 77.1 Å². The van der Waals surface area contributed by atoms with E-state index in [2.05, 4.69) is 5.32 Å². The minimum Gasteiger partial charge on any atom is -0.460 e. The van der Waals surface area contributed by atoms with Crippen LogP contribution in [0.15, 0.2) is 72.8 Å². The number of rotatable bonds is 5. The summed E-state index contributed by atoms with van der Waals surface area (Å²) >= 11 is 0. The lowest BCUT2D eigenvalue weighted by molar-refractivity contribution is -0.151. The first-order chi connectivity index (χ1) is 17.6. The number of benzene rings is 3. The Balaban J connectivity index is 1.17. The number of amides is 2. The summed E-state index contributed by atoms with van der Waals surface area (Å²) in [5.74, 6) is -0.640. The molecule has 1 N–H and O–H groups in total. The maximum absolute atomic E-state index is 14.2. The van der Waals surface area contributed by atoms with Gasteiger partial charge in [-0.05, 0) is 37.1 Å². The highest BCUT2D eigenvalue weighted by atomic mass is 19.1. The predicted octanol–water partition coefficient (Wildman–Crippen LogP) is 5.42. The molecule has 1 saturated heterocycles. The van der Waals surface area contributed by atoms with E-state index in [1.54, 1.807) is 4.90 Å². The Morgan fingerprint density at radius 3 is 2.42 bits per heavy atom. The van der Waals surface area contributed by atoms with Gasteiger partial charge in [0, 0.05) is 35.5 Å². The van der Waals surface area contributed by atoms with Crippen LogP contribution in [0.1, 0.15) is 35.8 Å². The lowest BCUT2D eigenvalue weighted by Crippen LogP contribution is -2.42. The second-order valence-electron chi connectivity index (χ2n) is 8.89. The lowest BCUT2D eigenvalue weighted by atomic mass is 9.97. The number of anilines is 1. The minimum atomic E-state index is -0.620. The Kier molecular flexibility index (Phi) is 7.13. The number of urea groups is 1. The molecule has 1 unspecified atom stereocenters. The van der Waals surface area contributed by atoms with Crippen LogP contribution in [0.3, 0.4) is 0 Å². The summed E-state index contributed by atoms with van der Waals surface area (Å²) in [6, 6.07) is 21.2. The van der Waals surface area contributed by atoms with Gasteiger partial charge in [0.2, 0.25) is 6.29 Å². The number of ether oxygens (including phenoxy) is 3. The minimum absolute atomic E-state index is 0.102. The van der Waals surface area contributed by atoms with E-state index in [1.165, 1.54) is 12.1 Å². The number of fused-ring (bicyclic) bond motifs is 1. The van der Waals surface area contributed by atoms with Gasteiger partial charge in [-0.3, -0.25) is 4.79 Å². The number of hydrogen-bond acceptors (Lipinski definition) is 5. The van der Waals surface area contributed by atoms with E-state index in [0.29, 0.717) is 42.8 Å². The van der Waals surface area contributed by atoms with Crippen LogP contribution in [0.25, 0.3) is 0 Å². The van der Waals surface area contributed by atoms with Gasteiger partial charge in [-0.1, -0.05) is 48.5 Å². The first-order valence-electron chi connectivity index (χ1n) is 12.0. The normalized spacial score (nSPS) is 17.6. The summed E-state index contributed by atoms with van der Waals surface area (Å²) in [4.78, 5) is 27.0. The Morgan fingerprint density at radius 2 is 1.69 bits per heavy atom. The zero-order valence-corrected chi connectivity index (χ0v) is 19.7. The molecule has 7 nitrogen and oxygen atoms in total. The van der Waals surface area contributed by atoms with Crippen LogP contribution in [0, 0.1) is 11.7 Å². The third-order valence-electron chi connectivity index (χ3n) is 6.40. The van der Waals surface area contributed by atoms with Crippen molar-refractivity contribution in [1.82, 2.24) is 4.90 Å². The Labute approximate surface area is 208 Å². The molecule has 0 radical (unpaired) electrons. The smallest absolute Gasteiger partial charge is 0.321 e. The average Bonchev–Trinajstić information content (AvgIpc) is 2.92. The maximum Gasteiger partial charge on any atom is 0.321 e. The van der Waals surface area contributed by atoms with Gasteiger partial charge in [-0.2, -0.15) is 0 Å². The van der Waals surface area contributed by atoms with Crippen molar-refractivity contribution in [3.8, 4) is 5.75 Å². The predicted molar refractivity (Wildman–Crippen MR) is 131 cm³/mol. The summed E-state index contributed by atoms with van der Waals surface area (Å²) in [5, 5.41) is 2.86. The van der Waals surface area contributed by atoms with E-state index in [-0.39, 0.29) is 31.1 Å². The molecule has 36 heavy (non-hydrogen) atoms. The zero-order valence-electron chi connectivity index (χ0n) is 19.7.